The van der Waals surface area contributed by atoms with Crippen LogP contribution in [0.5, 0.6) is 0 Å². The topological polar surface area (TPSA) is 71.4 Å². The van der Waals surface area contributed by atoms with Gasteiger partial charge in [0.15, 0.2) is 0 Å². The number of allylic oxidation sites excluding steroid dienone is 5. The number of rotatable bonds is 3. The van der Waals surface area contributed by atoms with E-state index in [0.29, 0.717) is 21.7 Å². The summed E-state index contributed by atoms with van der Waals surface area (Å²) >= 11 is 0. The summed E-state index contributed by atoms with van der Waals surface area (Å²) in [6.45, 7) is 21.0. The maximum atomic E-state index is 11.5. The Morgan fingerprint density at radius 3 is 2.02 bits per heavy atom. The number of fused-ring (bicyclic) bond motifs is 7. The monoisotopic (exact) mass is 604 g/mol. The largest absolute Gasteiger partial charge is 0.483 e. The van der Waals surface area contributed by atoms with Gasteiger partial charge in [-0.2, -0.15) is 0 Å². The molecule has 7 aliphatic carbocycles. The number of hydrogen-bond acceptors (Lipinski definition) is 3. The molecule has 4 heteroatoms. The van der Waals surface area contributed by atoms with Crippen molar-refractivity contribution in [2.75, 3.05) is 0 Å². The van der Waals surface area contributed by atoms with Gasteiger partial charge in [-0.05, 0) is 151 Å². The molecular weight excluding hydrogens is 544 g/mol. The van der Waals surface area contributed by atoms with Gasteiger partial charge in [-0.25, -0.2) is 0 Å². The van der Waals surface area contributed by atoms with Crippen LogP contribution in [0, 0.1) is 61.6 Å². The zero-order valence-corrected chi connectivity index (χ0v) is 28.8. The second-order valence-electron chi connectivity index (χ2n) is 17.9. The summed E-state index contributed by atoms with van der Waals surface area (Å²) in [5.74, 6) is 3.47. The van der Waals surface area contributed by atoms with E-state index in [1.165, 1.54) is 69.8 Å². The van der Waals surface area contributed by atoms with Crippen LogP contribution in [0.2, 0.25) is 0 Å². The highest BCUT2D eigenvalue weighted by atomic mass is 16.3. The molecule has 5 saturated carbocycles. The first-order valence-electron chi connectivity index (χ1n) is 17.6. The predicted octanol–water partition coefficient (Wildman–Crippen LogP) is 9.79. The molecule has 6 unspecified atom stereocenters. The quantitative estimate of drug-likeness (QED) is 0.198. The Morgan fingerprint density at radius 2 is 1.43 bits per heavy atom. The minimum atomic E-state index is -0.700. The zero-order chi connectivity index (χ0) is 32.4. The summed E-state index contributed by atoms with van der Waals surface area (Å²) in [6, 6.07) is 0. The summed E-state index contributed by atoms with van der Waals surface area (Å²) in [7, 11) is 0. The number of carbonyl (C=O) groups excluding carboxylic acids is 2. The van der Waals surface area contributed by atoms with E-state index in [1.807, 2.05) is 6.92 Å². The molecule has 4 nitrogen and oxygen atoms in total. The Hall–Kier alpha value is -1.97. The van der Waals surface area contributed by atoms with Gasteiger partial charge < -0.3 is 14.7 Å². The number of hydrogen-bond donors (Lipinski definition) is 1. The molecular formula is C40H60O4. The Balaban J connectivity index is 0.000000594. The first kappa shape index (κ1) is 33.4. The molecule has 1 spiro atoms. The van der Waals surface area contributed by atoms with Gasteiger partial charge >= 0.3 is 0 Å². The van der Waals surface area contributed by atoms with E-state index in [-0.39, 0.29) is 17.3 Å². The molecule has 7 rings (SSSR count). The van der Waals surface area contributed by atoms with Gasteiger partial charge in [0.05, 0.1) is 5.41 Å². The van der Waals surface area contributed by atoms with E-state index in [2.05, 4.69) is 60.3 Å². The van der Waals surface area contributed by atoms with Gasteiger partial charge in [0.1, 0.15) is 12.6 Å². The van der Waals surface area contributed by atoms with E-state index in [9.17, 15) is 9.59 Å². The van der Waals surface area contributed by atoms with Crippen LogP contribution in [-0.4, -0.2) is 24.2 Å². The standard InChI is InChI=1S/C36H52O2.C3H6.CH2O2/c1-30(2)25(24-18-35(19-24)20-36(21-35,22-37)23-38)11-14-32(4)28(30)12-15-34(6)29(32)10-9-27-26-8-7-13-31(26,3)16-17-33(27,34)5;1-3-2;2-1-3/h11,18,22-23,26-29H,7-10,12-17,19-21H2,1-6H3;3H,1H2,2H3;1H,(H,2,3)/t26-,27?,28?,29?,31?,32?,33-,34?;;/m1../s1. The maximum absolute atomic E-state index is 11.5. The average Bonchev–Trinajstić information content (AvgIpc) is 3.31. The Labute approximate surface area is 267 Å². The number of carboxylic acid groups (broad SMARTS) is 1. The lowest BCUT2D eigenvalue weighted by molar-refractivity contribution is -0.222. The van der Waals surface area contributed by atoms with Crippen molar-refractivity contribution in [1.29, 1.82) is 0 Å². The lowest BCUT2D eigenvalue weighted by atomic mass is 9.32. The van der Waals surface area contributed by atoms with Crippen molar-refractivity contribution in [3.63, 3.8) is 0 Å². The average molecular weight is 605 g/mol. The molecule has 0 bridgehead atoms. The van der Waals surface area contributed by atoms with Gasteiger partial charge in [0, 0.05) is 0 Å². The van der Waals surface area contributed by atoms with Crippen LogP contribution in [0.4, 0.5) is 0 Å². The maximum Gasteiger partial charge on any atom is 0.290 e. The number of carbonyl (C=O) groups is 3. The van der Waals surface area contributed by atoms with Crippen LogP contribution in [0.1, 0.15) is 132 Å². The molecule has 0 heterocycles. The molecule has 44 heavy (non-hydrogen) atoms. The van der Waals surface area contributed by atoms with Crippen LogP contribution >= 0.6 is 0 Å². The van der Waals surface area contributed by atoms with Crippen LogP contribution in [0.3, 0.4) is 0 Å². The van der Waals surface area contributed by atoms with Crippen molar-refractivity contribution in [3.8, 4) is 0 Å². The zero-order valence-electron chi connectivity index (χ0n) is 28.8. The van der Waals surface area contributed by atoms with E-state index >= 15 is 0 Å². The minimum Gasteiger partial charge on any atom is -0.483 e. The third kappa shape index (κ3) is 4.53. The van der Waals surface area contributed by atoms with Crippen LogP contribution < -0.4 is 0 Å². The van der Waals surface area contributed by atoms with Gasteiger partial charge in [-0.1, -0.05) is 66.2 Å². The predicted molar refractivity (Wildman–Crippen MR) is 178 cm³/mol. The molecule has 244 valence electrons. The third-order valence-corrected chi connectivity index (χ3v) is 15.6. The molecule has 8 atom stereocenters. The summed E-state index contributed by atoms with van der Waals surface area (Å²) in [5.41, 5.74) is 4.71. The van der Waals surface area contributed by atoms with Crippen molar-refractivity contribution in [1.82, 2.24) is 0 Å². The van der Waals surface area contributed by atoms with Crippen LogP contribution in [-0.2, 0) is 14.4 Å². The molecule has 0 aliphatic heterocycles. The van der Waals surface area contributed by atoms with Crippen molar-refractivity contribution >= 4 is 19.0 Å². The van der Waals surface area contributed by atoms with E-state index in [4.69, 9.17) is 9.90 Å². The molecule has 5 fully saturated rings. The fourth-order valence-corrected chi connectivity index (χ4v) is 13.6. The van der Waals surface area contributed by atoms with Crippen molar-refractivity contribution in [2.24, 2.45) is 61.6 Å². The van der Waals surface area contributed by atoms with Crippen molar-refractivity contribution < 1.29 is 19.5 Å². The molecule has 0 radical (unpaired) electrons. The summed E-state index contributed by atoms with van der Waals surface area (Å²) < 4.78 is 0. The summed E-state index contributed by atoms with van der Waals surface area (Å²) in [6.07, 6.45) is 25.5. The summed E-state index contributed by atoms with van der Waals surface area (Å²) in [5, 5.41) is 6.89. The molecule has 0 saturated heterocycles. The van der Waals surface area contributed by atoms with Gasteiger partial charge in [-0.15, -0.1) is 6.58 Å². The molecule has 0 amide bonds. The first-order chi connectivity index (χ1) is 20.6. The lowest BCUT2D eigenvalue weighted by Gasteiger charge is -2.72. The Kier molecular flexibility index (Phi) is 8.41. The normalized spacial score (nSPS) is 44.7. The SMILES string of the molecule is C=CC.CC1(C)C(C2=CC3(C2)CC(C=O)(C=O)C3)=CCC2(C)C1CCC1(C)C2CCC2[C@H]3CCCC3(C)CC[C@]21C.O=CO. The summed E-state index contributed by atoms with van der Waals surface area (Å²) in [4.78, 5) is 31.4. The lowest BCUT2D eigenvalue weighted by Crippen LogP contribution is -2.65. The van der Waals surface area contributed by atoms with Crippen LogP contribution in [0.15, 0.2) is 36.0 Å². The van der Waals surface area contributed by atoms with Gasteiger partial charge in [-0.3, -0.25) is 4.79 Å². The number of aldehydes is 2. The minimum absolute atomic E-state index is 0.114. The smallest absolute Gasteiger partial charge is 0.290 e. The first-order valence-corrected chi connectivity index (χ1v) is 17.6. The van der Waals surface area contributed by atoms with Gasteiger partial charge in [0.25, 0.3) is 6.47 Å². The fraction of sp³-hybridized carbons (Fsp3) is 0.775. The van der Waals surface area contributed by atoms with Gasteiger partial charge in [0.2, 0.25) is 0 Å². The van der Waals surface area contributed by atoms with E-state index < -0.39 is 5.41 Å². The Morgan fingerprint density at radius 1 is 0.818 bits per heavy atom. The second-order valence-corrected chi connectivity index (χ2v) is 17.9. The fourth-order valence-electron chi connectivity index (χ4n) is 13.6. The molecule has 0 aromatic rings. The molecule has 7 aliphatic rings. The Bertz CT molecular complexity index is 1220. The second kappa shape index (κ2) is 11.1. The van der Waals surface area contributed by atoms with Crippen molar-refractivity contribution in [2.45, 2.75) is 132 Å². The highest BCUT2D eigenvalue weighted by Crippen LogP contribution is 2.77. The highest BCUT2D eigenvalue weighted by Gasteiger charge is 2.69. The highest BCUT2D eigenvalue weighted by molar-refractivity contribution is 5.86. The molecule has 0 aromatic heterocycles. The van der Waals surface area contributed by atoms with E-state index in [1.54, 1.807) is 11.6 Å². The molecule has 0 aromatic carbocycles. The van der Waals surface area contributed by atoms with E-state index in [0.717, 1.165) is 55.5 Å². The van der Waals surface area contributed by atoms with Crippen LogP contribution in [0.25, 0.3) is 0 Å². The van der Waals surface area contributed by atoms with Crippen molar-refractivity contribution in [3.05, 3.63) is 36.0 Å². The third-order valence-electron chi connectivity index (χ3n) is 15.6. The molecule has 1 N–H and O–H groups in total.